The third-order valence-corrected chi connectivity index (χ3v) is 5.22. The minimum atomic E-state index is -0.530. The highest BCUT2D eigenvalue weighted by atomic mass is 79.9. The maximum absolute atomic E-state index is 10.4. The van der Waals surface area contributed by atoms with Crippen LogP contribution in [0.2, 0.25) is 0 Å². The van der Waals surface area contributed by atoms with Gasteiger partial charge in [-0.05, 0) is 42.7 Å². The maximum atomic E-state index is 10.4. The first-order chi connectivity index (χ1) is 12.5. The van der Waals surface area contributed by atoms with Gasteiger partial charge in [-0.15, -0.1) is 0 Å². The lowest BCUT2D eigenvalue weighted by Gasteiger charge is -2.34. The van der Waals surface area contributed by atoms with E-state index in [1.165, 1.54) is 5.56 Å². The summed E-state index contributed by atoms with van der Waals surface area (Å²) in [6, 6.07) is 14.3. The second-order valence-electron chi connectivity index (χ2n) is 6.86. The van der Waals surface area contributed by atoms with Gasteiger partial charge in [-0.2, -0.15) is 0 Å². The number of β-amino-alcohol motifs (C(OH)–C–C–N with tert-alkyl or cyclic N) is 1. The number of para-hydroxylation sites is 1. The molecule has 2 aromatic rings. The minimum Gasteiger partial charge on any atom is -0.490 e. The van der Waals surface area contributed by atoms with Gasteiger partial charge in [0.15, 0.2) is 0 Å². The molecule has 140 valence electrons. The fourth-order valence-corrected chi connectivity index (χ4v) is 3.57. The van der Waals surface area contributed by atoms with E-state index < -0.39 is 6.10 Å². The number of benzene rings is 2. The molecule has 26 heavy (non-hydrogen) atoms. The lowest BCUT2D eigenvalue weighted by molar-refractivity contribution is -0.0459. The van der Waals surface area contributed by atoms with Crippen LogP contribution in [0.3, 0.4) is 0 Å². The topological polar surface area (TPSA) is 41.9 Å². The number of hydrogen-bond acceptors (Lipinski definition) is 4. The molecule has 1 N–H and O–H groups in total. The molecule has 0 radical (unpaired) electrons. The Morgan fingerprint density at radius 2 is 1.88 bits per heavy atom. The van der Waals surface area contributed by atoms with E-state index >= 15 is 0 Å². The van der Waals surface area contributed by atoms with E-state index in [9.17, 15) is 5.11 Å². The molecule has 3 rings (SSSR count). The third-order valence-electron chi connectivity index (χ3n) is 4.69. The number of hydrogen-bond donors (Lipinski definition) is 1. The Morgan fingerprint density at radius 3 is 2.58 bits per heavy atom. The quantitative estimate of drug-likeness (QED) is 0.771. The van der Waals surface area contributed by atoms with Crippen LogP contribution in [0.1, 0.15) is 22.8 Å². The molecule has 1 heterocycles. The standard InChI is InChI=1S/C21H26BrNO3/c1-15-4-3-5-16(2)21(15)26-14-19(24)12-23-10-11-25-20(13-23)17-6-8-18(22)9-7-17/h3-9,19-20,24H,10-14H2,1-2H3. The van der Waals surface area contributed by atoms with Crippen LogP contribution in [0.5, 0.6) is 5.75 Å². The van der Waals surface area contributed by atoms with Crippen molar-refractivity contribution in [2.75, 3.05) is 32.8 Å². The summed E-state index contributed by atoms with van der Waals surface area (Å²) >= 11 is 3.46. The Hall–Kier alpha value is -1.40. The lowest BCUT2D eigenvalue weighted by atomic mass is 10.1. The van der Waals surface area contributed by atoms with Crippen molar-refractivity contribution in [1.29, 1.82) is 0 Å². The maximum Gasteiger partial charge on any atom is 0.125 e. The van der Waals surface area contributed by atoms with Gasteiger partial charge in [0.2, 0.25) is 0 Å². The van der Waals surface area contributed by atoms with E-state index in [-0.39, 0.29) is 6.10 Å². The minimum absolute atomic E-state index is 0.0450. The van der Waals surface area contributed by atoms with E-state index in [1.807, 2.05) is 44.2 Å². The molecule has 2 aromatic carbocycles. The number of aryl methyl sites for hydroxylation is 2. The van der Waals surface area contributed by atoms with Crippen LogP contribution in [0.25, 0.3) is 0 Å². The van der Waals surface area contributed by atoms with Crippen LogP contribution >= 0.6 is 15.9 Å². The van der Waals surface area contributed by atoms with Crippen molar-refractivity contribution in [2.24, 2.45) is 0 Å². The SMILES string of the molecule is Cc1cccc(C)c1OCC(O)CN1CCOC(c2ccc(Br)cc2)C1. The molecule has 0 aliphatic carbocycles. The largest absolute Gasteiger partial charge is 0.490 e. The molecule has 0 saturated carbocycles. The van der Waals surface area contributed by atoms with Crippen molar-refractivity contribution in [2.45, 2.75) is 26.1 Å². The molecule has 1 aliphatic heterocycles. The van der Waals surface area contributed by atoms with Crippen molar-refractivity contribution in [1.82, 2.24) is 4.90 Å². The average molecular weight is 420 g/mol. The average Bonchev–Trinajstić information content (AvgIpc) is 2.62. The summed E-state index contributed by atoms with van der Waals surface area (Å²) in [5, 5.41) is 10.4. The molecule has 0 amide bonds. The molecule has 0 aromatic heterocycles. The summed E-state index contributed by atoms with van der Waals surface area (Å²) in [5.74, 6) is 0.876. The zero-order valence-corrected chi connectivity index (χ0v) is 16.9. The lowest BCUT2D eigenvalue weighted by Crippen LogP contribution is -2.43. The Kier molecular flexibility index (Phi) is 6.70. The second kappa shape index (κ2) is 9.00. The van der Waals surface area contributed by atoms with Gasteiger partial charge >= 0.3 is 0 Å². The summed E-state index contributed by atoms with van der Waals surface area (Å²) < 4.78 is 12.9. The van der Waals surface area contributed by atoms with Crippen LogP contribution in [0.4, 0.5) is 0 Å². The Morgan fingerprint density at radius 1 is 1.19 bits per heavy atom. The van der Waals surface area contributed by atoms with Gasteiger partial charge in [-0.25, -0.2) is 0 Å². The highest BCUT2D eigenvalue weighted by Gasteiger charge is 2.24. The summed E-state index contributed by atoms with van der Waals surface area (Å²) in [5.41, 5.74) is 3.36. The van der Waals surface area contributed by atoms with Crippen LogP contribution in [0, 0.1) is 13.8 Å². The van der Waals surface area contributed by atoms with Gasteiger partial charge < -0.3 is 14.6 Å². The van der Waals surface area contributed by atoms with Crippen molar-refractivity contribution in [3.8, 4) is 5.75 Å². The number of ether oxygens (including phenoxy) is 2. The first kappa shape index (κ1) is 19.4. The monoisotopic (exact) mass is 419 g/mol. The molecule has 0 spiro atoms. The molecule has 2 unspecified atom stereocenters. The van der Waals surface area contributed by atoms with Crippen molar-refractivity contribution in [3.05, 3.63) is 63.6 Å². The number of morpholine rings is 1. The molecule has 1 aliphatic rings. The number of aliphatic hydroxyl groups is 1. The zero-order chi connectivity index (χ0) is 18.5. The first-order valence-corrected chi connectivity index (χ1v) is 9.78. The van der Waals surface area contributed by atoms with Crippen LogP contribution < -0.4 is 4.74 Å². The Balaban J connectivity index is 1.52. The predicted octanol–water partition coefficient (Wildman–Crippen LogP) is 3.88. The highest BCUT2D eigenvalue weighted by molar-refractivity contribution is 9.10. The first-order valence-electron chi connectivity index (χ1n) is 8.99. The molecule has 4 nitrogen and oxygen atoms in total. The van der Waals surface area contributed by atoms with E-state index in [2.05, 4.69) is 33.0 Å². The zero-order valence-electron chi connectivity index (χ0n) is 15.3. The number of aliphatic hydroxyl groups excluding tert-OH is 1. The number of nitrogens with zero attached hydrogens (tertiary/aromatic N) is 1. The summed E-state index contributed by atoms with van der Waals surface area (Å²) in [7, 11) is 0. The van der Waals surface area contributed by atoms with E-state index in [1.54, 1.807) is 0 Å². The summed E-state index contributed by atoms with van der Waals surface area (Å²) in [6.07, 6.45) is -0.485. The third kappa shape index (κ3) is 5.07. The molecule has 5 heteroatoms. The van der Waals surface area contributed by atoms with Crippen molar-refractivity contribution >= 4 is 15.9 Å². The van der Waals surface area contributed by atoms with Crippen LogP contribution in [0.15, 0.2) is 46.9 Å². The fraction of sp³-hybridized carbons (Fsp3) is 0.429. The Bertz CT molecular complexity index is 699. The van der Waals surface area contributed by atoms with Crippen LogP contribution in [-0.4, -0.2) is 49.0 Å². The molecule has 0 bridgehead atoms. The normalized spacial score (nSPS) is 19.3. The molecule has 2 atom stereocenters. The van der Waals surface area contributed by atoms with E-state index in [0.717, 1.165) is 34.4 Å². The molecule has 1 saturated heterocycles. The smallest absolute Gasteiger partial charge is 0.125 e. The second-order valence-corrected chi connectivity index (χ2v) is 7.77. The van der Waals surface area contributed by atoms with Gasteiger partial charge in [0.25, 0.3) is 0 Å². The van der Waals surface area contributed by atoms with E-state index in [0.29, 0.717) is 19.8 Å². The fourth-order valence-electron chi connectivity index (χ4n) is 3.30. The van der Waals surface area contributed by atoms with Crippen LogP contribution in [-0.2, 0) is 4.74 Å². The summed E-state index contributed by atoms with van der Waals surface area (Å²) in [4.78, 5) is 2.24. The van der Waals surface area contributed by atoms with Gasteiger partial charge in [0.05, 0.1) is 12.7 Å². The predicted molar refractivity (Wildman–Crippen MR) is 107 cm³/mol. The van der Waals surface area contributed by atoms with E-state index in [4.69, 9.17) is 9.47 Å². The number of halogens is 1. The van der Waals surface area contributed by atoms with Crippen molar-refractivity contribution in [3.63, 3.8) is 0 Å². The van der Waals surface area contributed by atoms with Crippen molar-refractivity contribution < 1.29 is 14.6 Å². The highest BCUT2D eigenvalue weighted by Crippen LogP contribution is 2.25. The van der Waals surface area contributed by atoms with Gasteiger partial charge in [0, 0.05) is 24.1 Å². The molecular formula is C21H26BrNO3. The number of rotatable bonds is 6. The van der Waals surface area contributed by atoms with Gasteiger partial charge in [0.1, 0.15) is 18.5 Å². The van der Waals surface area contributed by atoms with Gasteiger partial charge in [-0.3, -0.25) is 4.90 Å². The Labute approximate surface area is 163 Å². The molecular weight excluding hydrogens is 394 g/mol. The molecule has 1 fully saturated rings. The van der Waals surface area contributed by atoms with Gasteiger partial charge in [-0.1, -0.05) is 46.3 Å². The summed E-state index contributed by atoms with van der Waals surface area (Å²) in [6.45, 7) is 7.22.